The second kappa shape index (κ2) is 7.03. The zero-order valence-corrected chi connectivity index (χ0v) is 15.8. The zero-order chi connectivity index (χ0) is 19.8. The van der Waals surface area contributed by atoms with E-state index in [9.17, 15) is 14.4 Å². The molecule has 3 N–H and O–H groups in total. The number of hydrogen-bond donors (Lipinski definition) is 3. The van der Waals surface area contributed by atoms with Crippen molar-refractivity contribution in [2.45, 2.75) is 32.3 Å². The molecule has 1 atom stereocenters. The summed E-state index contributed by atoms with van der Waals surface area (Å²) in [5, 5.41) is 5.96. The first-order valence-electron chi connectivity index (χ1n) is 9.25. The quantitative estimate of drug-likeness (QED) is 0.609. The molecule has 0 saturated heterocycles. The Balaban J connectivity index is 1.38. The van der Waals surface area contributed by atoms with Crippen LogP contribution in [0.15, 0.2) is 33.9 Å². The van der Waals surface area contributed by atoms with Gasteiger partial charge in [0.25, 0.3) is 11.1 Å². The number of aromatic amines is 2. The Morgan fingerprint density at radius 2 is 2.07 bits per heavy atom. The lowest BCUT2D eigenvalue weighted by molar-refractivity contribution is -0.121. The number of carbonyl (C=O) groups excluding carboxylic acids is 1. The first-order valence-corrected chi connectivity index (χ1v) is 9.25. The fourth-order valence-electron chi connectivity index (χ4n) is 3.76. The molecule has 3 aromatic rings. The highest BCUT2D eigenvalue weighted by Crippen LogP contribution is 2.27. The van der Waals surface area contributed by atoms with Gasteiger partial charge in [0.2, 0.25) is 5.91 Å². The molecule has 0 spiro atoms. The second-order valence-electron chi connectivity index (χ2n) is 7.14. The minimum Gasteiger partial charge on any atom is -0.488 e. The van der Waals surface area contributed by atoms with Crippen molar-refractivity contribution in [3.8, 4) is 5.75 Å². The van der Waals surface area contributed by atoms with Crippen LogP contribution in [0.5, 0.6) is 5.75 Å². The number of amides is 1. The Kier molecular flexibility index (Phi) is 4.54. The number of rotatable bonds is 5. The highest BCUT2D eigenvalue weighted by molar-refractivity contribution is 5.80. The number of H-pyrrole nitrogens is 2. The molecule has 0 unspecified atom stereocenters. The minimum atomic E-state index is -0.276. The lowest BCUT2D eigenvalue weighted by Gasteiger charge is -2.12. The van der Waals surface area contributed by atoms with E-state index in [1.165, 1.54) is 4.68 Å². The molecule has 3 heterocycles. The van der Waals surface area contributed by atoms with Crippen LogP contribution in [0.4, 0.5) is 0 Å². The van der Waals surface area contributed by atoms with Crippen molar-refractivity contribution in [3.63, 3.8) is 0 Å². The number of hydrogen-bond acceptors (Lipinski definition) is 4. The third kappa shape index (κ3) is 3.21. The third-order valence-corrected chi connectivity index (χ3v) is 5.25. The Bertz CT molecular complexity index is 1150. The molecule has 0 saturated carbocycles. The Hall–Kier alpha value is -3.29. The normalized spacial score (nSPS) is 15.4. The number of pyridine rings is 1. The van der Waals surface area contributed by atoms with Crippen LogP contribution in [0.25, 0.3) is 11.0 Å². The fourth-order valence-corrected chi connectivity index (χ4v) is 3.76. The Morgan fingerprint density at radius 1 is 1.29 bits per heavy atom. The van der Waals surface area contributed by atoms with E-state index in [-0.39, 0.29) is 36.0 Å². The number of nitrogens with one attached hydrogen (secondary N) is 3. The molecule has 8 heteroatoms. The van der Waals surface area contributed by atoms with Gasteiger partial charge in [0, 0.05) is 25.5 Å². The van der Waals surface area contributed by atoms with Gasteiger partial charge in [0.15, 0.2) is 0 Å². The fraction of sp³-hybridized carbons (Fsp3) is 0.350. The van der Waals surface area contributed by atoms with Gasteiger partial charge in [-0.1, -0.05) is 18.2 Å². The maximum Gasteiger partial charge on any atom is 0.273 e. The molecular weight excluding hydrogens is 360 g/mol. The zero-order valence-electron chi connectivity index (χ0n) is 15.8. The summed E-state index contributed by atoms with van der Waals surface area (Å²) in [6.45, 7) is 2.16. The highest BCUT2D eigenvalue weighted by atomic mass is 16.5. The molecule has 0 aliphatic carbocycles. The van der Waals surface area contributed by atoms with Gasteiger partial charge in [-0.15, -0.1) is 0 Å². The lowest BCUT2D eigenvalue weighted by atomic mass is 10.0. The first kappa shape index (κ1) is 18.1. The maximum atomic E-state index is 12.4. The summed E-state index contributed by atoms with van der Waals surface area (Å²) in [6.07, 6.45) is 1.12. The van der Waals surface area contributed by atoms with Crippen molar-refractivity contribution in [1.82, 2.24) is 20.1 Å². The molecule has 2 aromatic heterocycles. The summed E-state index contributed by atoms with van der Waals surface area (Å²) in [5.41, 5.74) is 2.15. The Labute approximate surface area is 160 Å². The number of nitrogens with zero attached hydrogens (tertiary/aromatic N) is 1. The van der Waals surface area contributed by atoms with Crippen molar-refractivity contribution in [1.29, 1.82) is 0 Å². The molecule has 0 bridgehead atoms. The summed E-state index contributed by atoms with van der Waals surface area (Å²) in [6, 6.07) is 7.84. The van der Waals surface area contributed by atoms with E-state index in [0.29, 0.717) is 28.7 Å². The van der Waals surface area contributed by atoms with E-state index in [4.69, 9.17) is 4.74 Å². The highest BCUT2D eigenvalue weighted by Gasteiger charge is 2.23. The van der Waals surface area contributed by atoms with Gasteiger partial charge in [-0.2, -0.15) is 0 Å². The minimum absolute atomic E-state index is 0.0780. The van der Waals surface area contributed by atoms with Crippen molar-refractivity contribution < 1.29 is 9.53 Å². The number of ether oxygens (including phenoxy) is 1. The van der Waals surface area contributed by atoms with Gasteiger partial charge in [-0.05, 0) is 30.5 Å². The van der Waals surface area contributed by atoms with Crippen LogP contribution in [-0.4, -0.2) is 33.3 Å². The number of aromatic nitrogens is 3. The van der Waals surface area contributed by atoms with E-state index in [1.54, 1.807) is 14.0 Å². The van der Waals surface area contributed by atoms with Crippen LogP contribution < -0.4 is 21.2 Å². The monoisotopic (exact) mass is 382 g/mol. The summed E-state index contributed by atoms with van der Waals surface area (Å²) >= 11 is 0. The molecule has 8 nitrogen and oxygen atoms in total. The van der Waals surface area contributed by atoms with Crippen molar-refractivity contribution >= 4 is 16.9 Å². The summed E-state index contributed by atoms with van der Waals surface area (Å²) in [7, 11) is 1.66. The lowest BCUT2D eigenvalue weighted by Crippen LogP contribution is -2.34. The predicted molar refractivity (Wildman–Crippen MR) is 105 cm³/mol. The van der Waals surface area contributed by atoms with Gasteiger partial charge in [0.05, 0.1) is 11.9 Å². The summed E-state index contributed by atoms with van der Waals surface area (Å²) < 4.78 is 7.30. The molecule has 1 amide bonds. The average Bonchev–Trinajstić information content (AvgIpc) is 3.20. The number of carbonyl (C=O) groups is 1. The van der Waals surface area contributed by atoms with Gasteiger partial charge in [-0.3, -0.25) is 24.2 Å². The molecule has 0 radical (unpaired) electrons. The van der Waals surface area contributed by atoms with E-state index in [2.05, 4.69) is 15.4 Å². The second-order valence-corrected chi connectivity index (χ2v) is 7.14. The maximum absolute atomic E-state index is 12.4. The SMILES string of the molecule is Cc1c(CCC(=O)NC[C@H]2Cc3ccccc3O2)c(=O)[nH]c2c1c(=O)[nH]n2C. The van der Waals surface area contributed by atoms with Crippen LogP contribution >= 0.6 is 0 Å². The molecule has 146 valence electrons. The largest absolute Gasteiger partial charge is 0.488 e. The van der Waals surface area contributed by atoms with Crippen molar-refractivity contribution in [2.24, 2.45) is 7.05 Å². The number of benzene rings is 1. The molecule has 0 fully saturated rings. The van der Waals surface area contributed by atoms with Gasteiger partial charge >= 0.3 is 0 Å². The molecule has 4 rings (SSSR count). The topological polar surface area (TPSA) is 109 Å². The van der Waals surface area contributed by atoms with E-state index in [0.717, 1.165) is 17.7 Å². The van der Waals surface area contributed by atoms with Crippen LogP contribution in [0.3, 0.4) is 0 Å². The van der Waals surface area contributed by atoms with Gasteiger partial charge in [-0.25, -0.2) is 0 Å². The average molecular weight is 382 g/mol. The van der Waals surface area contributed by atoms with Crippen LogP contribution in [0.2, 0.25) is 0 Å². The Morgan fingerprint density at radius 3 is 2.86 bits per heavy atom. The van der Waals surface area contributed by atoms with Crippen LogP contribution in [0, 0.1) is 6.92 Å². The van der Waals surface area contributed by atoms with Crippen molar-refractivity contribution in [2.75, 3.05) is 6.54 Å². The van der Waals surface area contributed by atoms with Crippen molar-refractivity contribution in [3.05, 3.63) is 61.7 Å². The number of aryl methyl sites for hydroxylation is 2. The van der Waals surface area contributed by atoms with E-state index < -0.39 is 0 Å². The van der Waals surface area contributed by atoms with E-state index >= 15 is 0 Å². The molecule has 28 heavy (non-hydrogen) atoms. The summed E-state index contributed by atoms with van der Waals surface area (Å²) in [4.78, 5) is 39.4. The van der Waals surface area contributed by atoms with E-state index in [1.807, 2.05) is 24.3 Å². The van der Waals surface area contributed by atoms with Gasteiger partial charge in [0.1, 0.15) is 17.5 Å². The summed E-state index contributed by atoms with van der Waals surface area (Å²) in [5.74, 6) is 0.714. The smallest absolute Gasteiger partial charge is 0.273 e. The molecule has 1 aliphatic heterocycles. The van der Waals surface area contributed by atoms with Crippen LogP contribution in [-0.2, 0) is 24.7 Å². The molecular formula is C20H22N4O4. The predicted octanol–water partition coefficient (Wildman–Crippen LogP) is 0.916. The number of para-hydroxylation sites is 1. The first-order chi connectivity index (χ1) is 13.4. The number of fused-ring (bicyclic) bond motifs is 2. The molecule has 1 aromatic carbocycles. The molecule has 1 aliphatic rings. The van der Waals surface area contributed by atoms with Gasteiger partial charge < -0.3 is 15.0 Å². The van der Waals surface area contributed by atoms with Crippen LogP contribution in [0.1, 0.15) is 23.1 Å². The standard InChI is InChI=1S/C20H22N4O4/c1-11-14(19(26)22-18-17(11)20(27)23-24(18)2)7-8-16(25)21-10-13-9-12-5-3-4-6-15(12)28-13/h3-6,13H,7-10H2,1-2H3,(H,21,25)(H,22,26)(H,23,27)/t13-/m1/s1. The third-order valence-electron chi connectivity index (χ3n) is 5.25.